The van der Waals surface area contributed by atoms with E-state index in [4.69, 9.17) is 0 Å². The zero-order valence-corrected chi connectivity index (χ0v) is 13.3. The molecule has 110 valence electrons. The summed E-state index contributed by atoms with van der Waals surface area (Å²) in [5.74, 6) is 1.01. The van der Waals surface area contributed by atoms with Crippen molar-refractivity contribution in [2.75, 3.05) is 0 Å². The maximum Gasteiger partial charge on any atom is 0.0584 e. The highest BCUT2D eigenvalue weighted by Gasteiger charge is 2.67. The number of rotatable bonds is 3. The summed E-state index contributed by atoms with van der Waals surface area (Å²) in [6.07, 6.45) is 4.50. The maximum absolute atomic E-state index is 10.7. The first-order valence-corrected chi connectivity index (χ1v) is 8.11. The minimum absolute atomic E-state index is 0.156. The van der Waals surface area contributed by atoms with Crippen LogP contribution < -0.4 is 0 Å². The van der Waals surface area contributed by atoms with Crippen molar-refractivity contribution in [3.8, 4) is 0 Å². The van der Waals surface area contributed by atoms with Crippen molar-refractivity contribution < 1.29 is 5.11 Å². The number of aliphatic hydroxyl groups is 1. The molecule has 1 aromatic carbocycles. The number of aryl methyl sites for hydroxylation is 1. The first-order valence-electron chi connectivity index (χ1n) is 8.11. The number of fused-ring (bicyclic) bond motifs is 1. The average Bonchev–Trinajstić information content (AvgIpc) is 2.80. The van der Waals surface area contributed by atoms with Gasteiger partial charge >= 0.3 is 0 Å². The van der Waals surface area contributed by atoms with Gasteiger partial charge in [-0.1, -0.05) is 52.0 Å². The van der Waals surface area contributed by atoms with Crippen LogP contribution in [0.4, 0.5) is 0 Å². The largest absolute Gasteiger partial charge is 0.393 e. The minimum atomic E-state index is -0.156. The van der Waals surface area contributed by atoms with E-state index in [1.807, 2.05) is 0 Å². The predicted molar refractivity (Wildman–Crippen MR) is 83.8 cm³/mol. The molecule has 1 aromatic rings. The van der Waals surface area contributed by atoms with Gasteiger partial charge < -0.3 is 5.11 Å². The van der Waals surface area contributed by atoms with Gasteiger partial charge in [0.15, 0.2) is 0 Å². The summed E-state index contributed by atoms with van der Waals surface area (Å²) in [6, 6.07) is 8.83. The van der Waals surface area contributed by atoms with E-state index in [9.17, 15) is 5.11 Å². The van der Waals surface area contributed by atoms with Gasteiger partial charge in [-0.15, -0.1) is 0 Å². The summed E-state index contributed by atoms with van der Waals surface area (Å²) in [4.78, 5) is 0. The normalized spacial score (nSPS) is 28.8. The molecule has 1 fully saturated rings. The topological polar surface area (TPSA) is 20.2 Å². The highest BCUT2D eigenvalue weighted by molar-refractivity contribution is 5.33. The Labute approximate surface area is 123 Å². The number of aliphatic hydroxyl groups excluding tert-OH is 1. The van der Waals surface area contributed by atoms with Crippen molar-refractivity contribution in [1.29, 1.82) is 0 Å². The first kappa shape index (κ1) is 14.1. The monoisotopic (exact) mass is 272 g/mol. The summed E-state index contributed by atoms with van der Waals surface area (Å²) in [5.41, 5.74) is 3.56. The third-order valence-electron chi connectivity index (χ3n) is 6.54. The summed E-state index contributed by atoms with van der Waals surface area (Å²) in [7, 11) is 0. The molecule has 0 saturated heterocycles. The molecule has 1 heteroatoms. The lowest BCUT2D eigenvalue weighted by molar-refractivity contribution is 0.109. The van der Waals surface area contributed by atoms with Gasteiger partial charge in [0.05, 0.1) is 6.10 Å². The molecular weight excluding hydrogens is 244 g/mol. The van der Waals surface area contributed by atoms with Crippen molar-refractivity contribution >= 4 is 0 Å². The summed E-state index contributed by atoms with van der Waals surface area (Å²) in [6.45, 7) is 9.21. The second-order valence-electron chi connectivity index (χ2n) is 8.01. The highest BCUT2D eigenvalue weighted by atomic mass is 16.3. The van der Waals surface area contributed by atoms with Gasteiger partial charge in [0, 0.05) is 0 Å². The van der Waals surface area contributed by atoms with E-state index in [0.717, 1.165) is 6.42 Å². The van der Waals surface area contributed by atoms with Crippen LogP contribution in [0.15, 0.2) is 24.3 Å². The highest BCUT2D eigenvalue weighted by Crippen LogP contribution is 2.70. The molecule has 3 rings (SSSR count). The zero-order valence-electron chi connectivity index (χ0n) is 13.3. The van der Waals surface area contributed by atoms with E-state index in [0.29, 0.717) is 11.8 Å². The minimum Gasteiger partial charge on any atom is -0.393 e. The molecule has 0 bridgehead atoms. The van der Waals surface area contributed by atoms with Crippen LogP contribution in [0.25, 0.3) is 0 Å². The molecule has 1 nitrogen and oxygen atoms in total. The molecule has 0 aromatic heterocycles. The lowest BCUT2D eigenvalue weighted by Crippen LogP contribution is -2.21. The molecule has 0 radical (unpaired) electrons. The maximum atomic E-state index is 10.7. The van der Waals surface area contributed by atoms with Gasteiger partial charge in [-0.3, -0.25) is 0 Å². The van der Waals surface area contributed by atoms with E-state index in [1.54, 1.807) is 0 Å². The Morgan fingerprint density at radius 2 is 1.80 bits per heavy atom. The third kappa shape index (κ3) is 2.02. The van der Waals surface area contributed by atoms with Crippen LogP contribution in [0.3, 0.4) is 0 Å². The molecule has 0 heterocycles. The molecule has 2 aliphatic carbocycles. The van der Waals surface area contributed by atoms with E-state index < -0.39 is 0 Å². The van der Waals surface area contributed by atoms with Crippen LogP contribution in [-0.4, -0.2) is 11.2 Å². The van der Waals surface area contributed by atoms with Gasteiger partial charge in [-0.25, -0.2) is 0 Å². The molecule has 0 spiro atoms. The van der Waals surface area contributed by atoms with E-state index in [1.165, 1.54) is 30.4 Å². The van der Waals surface area contributed by atoms with Crippen molar-refractivity contribution in [3.05, 3.63) is 35.4 Å². The van der Waals surface area contributed by atoms with E-state index >= 15 is 0 Å². The van der Waals surface area contributed by atoms with Gasteiger partial charge in [0.25, 0.3) is 0 Å². The Bertz CT molecular complexity index is 486. The Hall–Kier alpha value is -0.820. The molecule has 2 aliphatic rings. The smallest absolute Gasteiger partial charge is 0.0584 e. The Kier molecular flexibility index (Phi) is 3.25. The zero-order chi connectivity index (χ0) is 14.5. The summed E-state index contributed by atoms with van der Waals surface area (Å²) >= 11 is 0. The number of hydrogen-bond donors (Lipinski definition) is 1. The molecule has 0 aliphatic heterocycles. The average molecular weight is 272 g/mol. The number of hydrogen-bond acceptors (Lipinski definition) is 1. The summed E-state index contributed by atoms with van der Waals surface area (Å²) in [5, 5.41) is 10.7. The molecule has 2 atom stereocenters. The van der Waals surface area contributed by atoms with Gasteiger partial charge in [-0.05, 0) is 59.5 Å². The molecule has 1 N–H and O–H groups in total. The van der Waals surface area contributed by atoms with Crippen molar-refractivity contribution in [2.24, 2.45) is 16.7 Å². The van der Waals surface area contributed by atoms with Crippen LogP contribution >= 0.6 is 0 Å². The van der Waals surface area contributed by atoms with Crippen molar-refractivity contribution in [3.63, 3.8) is 0 Å². The molecule has 0 amide bonds. The molecular formula is C19H28O. The van der Waals surface area contributed by atoms with Crippen LogP contribution in [0.5, 0.6) is 0 Å². The fourth-order valence-corrected chi connectivity index (χ4v) is 4.74. The standard InChI is InChI=1S/C19H28O/c1-18(2)17(19(18,3)4)16(20)12-14-10-7-9-13-8-5-6-11-15(13)14/h5-6,8,11,14,16-17,20H,7,9-10,12H2,1-4H3. The summed E-state index contributed by atoms with van der Waals surface area (Å²) < 4.78 is 0. The third-order valence-corrected chi connectivity index (χ3v) is 6.54. The number of benzene rings is 1. The van der Waals surface area contributed by atoms with Crippen molar-refractivity contribution in [1.82, 2.24) is 0 Å². The molecule has 2 unspecified atom stereocenters. The van der Waals surface area contributed by atoms with Crippen molar-refractivity contribution in [2.45, 2.75) is 65.4 Å². The lowest BCUT2D eigenvalue weighted by Gasteiger charge is -2.28. The Morgan fingerprint density at radius 1 is 1.15 bits per heavy atom. The second kappa shape index (κ2) is 4.59. The van der Waals surface area contributed by atoms with E-state index in [-0.39, 0.29) is 16.9 Å². The van der Waals surface area contributed by atoms with Crippen LogP contribution in [0.1, 0.15) is 64.0 Å². The van der Waals surface area contributed by atoms with Crippen LogP contribution in [-0.2, 0) is 6.42 Å². The lowest BCUT2D eigenvalue weighted by atomic mass is 9.79. The van der Waals surface area contributed by atoms with Gasteiger partial charge in [-0.2, -0.15) is 0 Å². The molecule has 1 saturated carbocycles. The fourth-order valence-electron chi connectivity index (χ4n) is 4.74. The van der Waals surface area contributed by atoms with Crippen LogP contribution in [0, 0.1) is 16.7 Å². The van der Waals surface area contributed by atoms with E-state index in [2.05, 4.69) is 52.0 Å². The van der Waals surface area contributed by atoms with Gasteiger partial charge in [0.1, 0.15) is 0 Å². The van der Waals surface area contributed by atoms with Gasteiger partial charge in [0.2, 0.25) is 0 Å². The Balaban J connectivity index is 1.74. The van der Waals surface area contributed by atoms with Crippen LogP contribution in [0.2, 0.25) is 0 Å². The Morgan fingerprint density at radius 3 is 2.45 bits per heavy atom. The second-order valence-corrected chi connectivity index (χ2v) is 8.01. The SMILES string of the molecule is CC1(C)C(C(O)CC2CCCc3ccccc32)C1(C)C. The predicted octanol–water partition coefficient (Wildman–Crippen LogP) is 4.54. The quantitative estimate of drug-likeness (QED) is 0.856. The molecule has 20 heavy (non-hydrogen) atoms. The first-order chi connectivity index (χ1) is 9.35. The fraction of sp³-hybridized carbons (Fsp3) is 0.684.